The van der Waals surface area contributed by atoms with Crippen LogP contribution in [0.15, 0.2) is 79.4 Å². The summed E-state index contributed by atoms with van der Waals surface area (Å²) >= 11 is 1.46. The van der Waals surface area contributed by atoms with E-state index in [1.165, 1.54) is 23.5 Å². The predicted molar refractivity (Wildman–Crippen MR) is 148 cm³/mol. The van der Waals surface area contributed by atoms with Gasteiger partial charge in [-0.2, -0.15) is 0 Å². The quantitative estimate of drug-likeness (QED) is 0.178. The highest BCUT2D eigenvalue weighted by Crippen LogP contribution is 2.39. The minimum atomic E-state index is -0.588. The van der Waals surface area contributed by atoms with Crippen LogP contribution in [0.1, 0.15) is 17.5 Å². The molecule has 3 aromatic heterocycles. The molecule has 0 amide bonds. The summed E-state index contributed by atoms with van der Waals surface area (Å²) in [4.78, 5) is 34.5. The van der Waals surface area contributed by atoms with Crippen molar-refractivity contribution in [3.05, 3.63) is 96.3 Å². The number of methoxy groups -OCH3 is 1. The summed E-state index contributed by atoms with van der Waals surface area (Å²) < 4.78 is 28.8. The number of halogens is 1. The monoisotopic (exact) mass is 543 g/mol. The Kier molecular flexibility index (Phi) is 8.19. The van der Waals surface area contributed by atoms with Gasteiger partial charge in [0.1, 0.15) is 17.3 Å². The smallest absolute Gasteiger partial charge is 0.166 e. The number of aromatic nitrogens is 3. The third-order valence-corrected chi connectivity index (χ3v) is 7.23. The molecule has 0 saturated heterocycles. The van der Waals surface area contributed by atoms with E-state index in [9.17, 15) is 14.0 Å². The fourth-order valence-electron chi connectivity index (χ4n) is 4.18. The van der Waals surface area contributed by atoms with E-state index >= 15 is 0 Å². The number of carbonyl (C=O) groups excluding carboxylic acids is 2. The van der Waals surface area contributed by atoms with Crippen LogP contribution in [0.2, 0.25) is 0 Å². The first kappa shape index (κ1) is 26.4. The number of hydrogen-bond donors (Lipinski definition) is 0. The molecule has 0 saturated carbocycles. The van der Waals surface area contributed by atoms with Gasteiger partial charge in [-0.15, -0.1) is 11.3 Å². The minimum Gasteiger partial charge on any atom is -0.453 e. The number of ether oxygens (including phenoxy) is 2. The van der Waals surface area contributed by atoms with Crippen molar-refractivity contribution in [2.45, 2.75) is 25.8 Å². The first-order valence-corrected chi connectivity index (χ1v) is 13.2. The number of ketones is 2. The molecule has 5 aromatic rings. The Bertz CT molecular complexity index is 1610. The number of fused-ring (bicyclic) bond motifs is 1. The summed E-state index contributed by atoms with van der Waals surface area (Å²) in [5.41, 5.74) is 2.88. The van der Waals surface area contributed by atoms with Crippen LogP contribution in [0.4, 0.5) is 4.39 Å². The zero-order valence-electron chi connectivity index (χ0n) is 21.3. The SMILES string of the molecule is COCCn1cnc(-c2cc3nccc(Oc4ccc(CC(=O)CC(=O)Cc5ccccc5)cc4F)c3s2)c1. The van der Waals surface area contributed by atoms with Gasteiger partial charge in [-0.1, -0.05) is 36.4 Å². The maximum absolute atomic E-state index is 15.0. The molecule has 5 rings (SSSR count). The van der Waals surface area contributed by atoms with Gasteiger partial charge < -0.3 is 14.0 Å². The zero-order chi connectivity index (χ0) is 27.2. The topological polar surface area (TPSA) is 83.3 Å². The molecule has 9 heteroatoms. The van der Waals surface area contributed by atoms with Gasteiger partial charge in [0, 0.05) is 45.0 Å². The van der Waals surface area contributed by atoms with Crippen molar-refractivity contribution in [2.24, 2.45) is 0 Å². The van der Waals surface area contributed by atoms with Crippen LogP contribution in [0.5, 0.6) is 11.5 Å². The number of hydrogen-bond acceptors (Lipinski definition) is 7. The highest BCUT2D eigenvalue weighted by molar-refractivity contribution is 7.22. The van der Waals surface area contributed by atoms with Crippen molar-refractivity contribution in [1.29, 1.82) is 0 Å². The van der Waals surface area contributed by atoms with E-state index < -0.39 is 5.82 Å². The van der Waals surface area contributed by atoms with E-state index in [-0.39, 0.29) is 36.6 Å². The van der Waals surface area contributed by atoms with Crippen molar-refractivity contribution in [2.75, 3.05) is 13.7 Å². The Morgan fingerprint density at radius 1 is 0.949 bits per heavy atom. The third kappa shape index (κ3) is 6.63. The Morgan fingerprint density at radius 3 is 2.51 bits per heavy atom. The second-order valence-corrected chi connectivity index (χ2v) is 10.1. The minimum absolute atomic E-state index is 0.0253. The summed E-state index contributed by atoms with van der Waals surface area (Å²) in [6, 6.07) is 17.3. The number of imidazole rings is 1. The van der Waals surface area contributed by atoms with E-state index in [0.717, 1.165) is 26.4 Å². The van der Waals surface area contributed by atoms with Crippen molar-refractivity contribution in [3.8, 4) is 22.1 Å². The van der Waals surface area contributed by atoms with Gasteiger partial charge in [0.15, 0.2) is 11.6 Å². The van der Waals surface area contributed by atoms with Crippen LogP contribution in [-0.2, 0) is 33.7 Å². The predicted octanol–water partition coefficient (Wildman–Crippen LogP) is 6.05. The first-order valence-electron chi connectivity index (χ1n) is 12.4. The standard InChI is InChI=1S/C30H26FN3O4S/c1-37-12-11-34-18-26(33-19-34)29-17-25-30(39-29)28(9-10-32-25)38-27-8-7-21(15-24(27)31)14-23(36)16-22(35)13-20-5-3-2-4-6-20/h2-10,15,17-19H,11-14,16H2,1H3. The maximum Gasteiger partial charge on any atom is 0.166 e. The fraction of sp³-hybridized carbons (Fsp3) is 0.200. The van der Waals surface area contributed by atoms with E-state index in [2.05, 4.69) is 9.97 Å². The van der Waals surface area contributed by atoms with Gasteiger partial charge in [-0.05, 0) is 29.3 Å². The number of carbonyl (C=O) groups is 2. The van der Waals surface area contributed by atoms with Crippen LogP contribution in [0.25, 0.3) is 20.8 Å². The van der Waals surface area contributed by atoms with Gasteiger partial charge in [0.05, 0.1) is 40.1 Å². The number of pyridine rings is 1. The molecule has 3 heterocycles. The van der Waals surface area contributed by atoms with Crippen molar-refractivity contribution in [3.63, 3.8) is 0 Å². The molecule has 0 radical (unpaired) electrons. The molecule has 39 heavy (non-hydrogen) atoms. The lowest BCUT2D eigenvalue weighted by Gasteiger charge is -2.09. The van der Waals surface area contributed by atoms with Gasteiger partial charge >= 0.3 is 0 Å². The van der Waals surface area contributed by atoms with Crippen LogP contribution in [0, 0.1) is 5.82 Å². The van der Waals surface area contributed by atoms with Crippen molar-refractivity contribution in [1.82, 2.24) is 14.5 Å². The highest BCUT2D eigenvalue weighted by Gasteiger charge is 2.16. The normalized spacial score (nSPS) is 11.1. The molecule has 0 aliphatic heterocycles. The first-order chi connectivity index (χ1) is 19.0. The molecular weight excluding hydrogens is 517 g/mol. The Labute approximate surface area is 228 Å². The van der Waals surface area contributed by atoms with Crippen molar-refractivity contribution < 1.29 is 23.5 Å². The number of nitrogens with zero attached hydrogens (tertiary/aromatic N) is 3. The van der Waals surface area contributed by atoms with E-state index in [4.69, 9.17) is 9.47 Å². The summed E-state index contributed by atoms with van der Waals surface area (Å²) in [6.45, 7) is 1.29. The maximum atomic E-state index is 15.0. The van der Waals surface area contributed by atoms with Crippen LogP contribution < -0.4 is 4.74 Å². The molecule has 198 valence electrons. The molecule has 0 unspecified atom stereocenters. The Morgan fingerprint density at radius 2 is 1.74 bits per heavy atom. The lowest BCUT2D eigenvalue weighted by atomic mass is 10.0. The average Bonchev–Trinajstić information content (AvgIpc) is 3.57. The summed E-state index contributed by atoms with van der Waals surface area (Å²) in [7, 11) is 1.66. The summed E-state index contributed by atoms with van der Waals surface area (Å²) in [5, 5.41) is 0. The average molecular weight is 544 g/mol. The van der Waals surface area contributed by atoms with E-state index in [0.29, 0.717) is 24.5 Å². The molecular formula is C30H26FN3O4S. The van der Waals surface area contributed by atoms with Crippen molar-refractivity contribution >= 4 is 33.1 Å². The van der Waals surface area contributed by atoms with E-state index in [1.807, 2.05) is 47.2 Å². The fourth-order valence-corrected chi connectivity index (χ4v) is 5.21. The number of rotatable bonds is 12. The molecule has 2 aromatic carbocycles. The van der Waals surface area contributed by atoms with Crippen LogP contribution in [-0.4, -0.2) is 39.8 Å². The molecule has 7 nitrogen and oxygen atoms in total. The summed E-state index contributed by atoms with van der Waals surface area (Å²) in [6.07, 6.45) is 5.30. The van der Waals surface area contributed by atoms with Crippen LogP contribution >= 0.6 is 11.3 Å². The Balaban J connectivity index is 1.25. The largest absolute Gasteiger partial charge is 0.453 e. The molecule has 0 atom stereocenters. The van der Waals surface area contributed by atoms with Gasteiger partial charge in [-0.3, -0.25) is 14.6 Å². The third-order valence-electron chi connectivity index (χ3n) is 6.07. The summed E-state index contributed by atoms with van der Waals surface area (Å²) in [5.74, 6) is -0.488. The number of Topliss-reactive ketones (excluding diaryl/α,β-unsaturated/α-hetero) is 2. The molecule has 0 bridgehead atoms. The van der Waals surface area contributed by atoms with Gasteiger partial charge in [0.2, 0.25) is 0 Å². The Hall–Kier alpha value is -4.21. The second-order valence-electron chi connectivity index (χ2n) is 9.08. The highest BCUT2D eigenvalue weighted by atomic mass is 32.1. The molecule has 0 spiro atoms. The van der Waals surface area contributed by atoms with E-state index in [1.54, 1.807) is 31.8 Å². The molecule has 0 N–H and O–H groups in total. The zero-order valence-corrected chi connectivity index (χ0v) is 22.1. The number of thiophene rings is 1. The second kappa shape index (κ2) is 12.1. The van der Waals surface area contributed by atoms with Gasteiger partial charge in [0.25, 0.3) is 0 Å². The lowest BCUT2D eigenvalue weighted by molar-refractivity contribution is -0.126. The van der Waals surface area contributed by atoms with Crippen LogP contribution in [0.3, 0.4) is 0 Å². The molecule has 0 fully saturated rings. The molecule has 0 aliphatic rings. The number of benzene rings is 2. The lowest BCUT2D eigenvalue weighted by Crippen LogP contribution is -2.12. The molecule has 0 aliphatic carbocycles. The van der Waals surface area contributed by atoms with Gasteiger partial charge in [-0.25, -0.2) is 9.37 Å².